The van der Waals surface area contributed by atoms with Crippen molar-refractivity contribution in [1.29, 1.82) is 0 Å². The average Bonchev–Trinajstić information content (AvgIpc) is 2.89. The molecule has 0 N–H and O–H groups in total. The first-order valence-corrected chi connectivity index (χ1v) is 13.1. The van der Waals surface area contributed by atoms with E-state index < -0.39 is 17.3 Å². The number of hydrogen-bond acceptors (Lipinski definition) is 6. The van der Waals surface area contributed by atoms with Crippen LogP contribution in [0.25, 0.3) is 10.9 Å². The number of rotatable bonds is 8. The molecule has 0 unspecified atom stereocenters. The molecule has 4 rings (SSSR count). The minimum absolute atomic E-state index is 0.0234. The minimum atomic E-state index is -0.680. The van der Waals surface area contributed by atoms with Gasteiger partial charge in [-0.3, -0.25) is 9.59 Å². The zero-order valence-corrected chi connectivity index (χ0v) is 22.6. The molecule has 1 fully saturated rings. The van der Waals surface area contributed by atoms with Crippen LogP contribution in [0.2, 0.25) is 5.02 Å². The predicted molar refractivity (Wildman–Crippen MR) is 147 cm³/mol. The molecule has 3 aromatic rings. The van der Waals surface area contributed by atoms with Gasteiger partial charge in [0.15, 0.2) is 0 Å². The van der Waals surface area contributed by atoms with Gasteiger partial charge < -0.3 is 24.0 Å². The smallest absolute Gasteiger partial charge is 0.345 e. The van der Waals surface area contributed by atoms with Crippen molar-refractivity contribution in [1.82, 2.24) is 14.4 Å². The summed E-state index contributed by atoms with van der Waals surface area (Å²) in [6.07, 6.45) is 0.719. The molecular formula is C28H32ClFN4O4. The molecule has 0 spiro atoms. The van der Waals surface area contributed by atoms with Gasteiger partial charge in [0.2, 0.25) is 0 Å². The molecule has 0 saturated carbocycles. The molecule has 2 heterocycles. The third-order valence-corrected chi connectivity index (χ3v) is 6.88. The first-order chi connectivity index (χ1) is 18.2. The zero-order chi connectivity index (χ0) is 27.4. The highest BCUT2D eigenvalue weighted by atomic mass is 35.5. The maximum atomic E-state index is 13.8. The number of nitrogens with zero attached hydrogens (tertiary/aromatic N) is 4. The molecule has 10 heteroatoms. The van der Waals surface area contributed by atoms with Crippen LogP contribution in [0, 0.1) is 5.82 Å². The Morgan fingerprint density at radius 2 is 1.74 bits per heavy atom. The molecule has 0 aliphatic carbocycles. The van der Waals surface area contributed by atoms with Gasteiger partial charge in [-0.2, -0.15) is 0 Å². The Morgan fingerprint density at radius 3 is 2.37 bits per heavy atom. The number of amides is 1. The van der Waals surface area contributed by atoms with Gasteiger partial charge in [0.05, 0.1) is 17.8 Å². The molecule has 2 aromatic carbocycles. The number of anilines is 1. The van der Waals surface area contributed by atoms with E-state index in [4.69, 9.17) is 16.3 Å². The van der Waals surface area contributed by atoms with Gasteiger partial charge in [0.25, 0.3) is 11.5 Å². The lowest BCUT2D eigenvalue weighted by molar-refractivity contribution is 0.0523. The Morgan fingerprint density at radius 1 is 1.05 bits per heavy atom. The SMILES string of the molecule is CCOC(=O)c1c(N2CCN(C(=O)c3ccc(F)cc3)CC2)c2cc(Cl)ccc2n(CCCN(C)C)c1=O. The standard InChI is InChI=1S/C28H32ClFN4O4/c1-4-38-28(37)24-25(32-14-16-33(17-15-32)26(35)19-6-9-21(30)10-7-19)22-18-20(29)8-11-23(22)34(27(24)36)13-5-12-31(2)3/h6-11,18H,4-5,12-17H2,1-3H3. The van der Waals surface area contributed by atoms with Crippen molar-refractivity contribution in [3.05, 3.63) is 74.8 Å². The van der Waals surface area contributed by atoms with E-state index in [-0.39, 0.29) is 18.1 Å². The molecule has 1 aliphatic rings. The summed E-state index contributed by atoms with van der Waals surface area (Å²) in [6.45, 7) is 4.57. The van der Waals surface area contributed by atoms with Crippen molar-refractivity contribution in [2.75, 3.05) is 58.3 Å². The lowest BCUT2D eigenvalue weighted by Gasteiger charge is -2.37. The third kappa shape index (κ3) is 5.84. The number of pyridine rings is 1. The summed E-state index contributed by atoms with van der Waals surface area (Å²) in [6, 6.07) is 10.8. The van der Waals surface area contributed by atoms with Crippen molar-refractivity contribution in [3.63, 3.8) is 0 Å². The fourth-order valence-corrected chi connectivity index (χ4v) is 4.98. The fraction of sp³-hybridized carbons (Fsp3) is 0.393. The molecule has 1 saturated heterocycles. The van der Waals surface area contributed by atoms with Gasteiger partial charge in [0, 0.05) is 48.7 Å². The topological polar surface area (TPSA) is 75.1 Å². The first kappa shape index (κ1) is 27.6. The predicted octanol–water partition coefficient (Wildman–Crippen LogP) is 3.88. The number of hydrogen-bond donors (Lipinski definition) is 0. The van der Waals surface area contributed by atoms with Crippen LogP contribution in [0.3, 0.4) is 0 Å². The van der Waals surface area contributed by atoms with Gasteiger partial charge in [0.1, 0.15) is 11.4 Å². The van der Waals surface area contributed by atoms with E-state index in [9.17, 15) is 18.8 Å². The number of piperazine rings is 1. The molecule has 8 nitrogen and oxygen atoms in total. The molecule has 1 aromatic heterocycles. The highest BCUT2D eigenvalue weighted by Gasteiger charge is 2.30. The summed E-state index contributed by atoms with van der Waals surface area (Å²) in [5, 5.41) is 1.17. The van der Waals surface area contributed by atoms with E-state index in [0.717, 1.165) is 13.0 Å². The highest BCUT2D eigenvalue weighted by Crippen LogP contribution is 2.33. The van der Waals surface area contributed by atoms with Crippen LogP contribution < -0.4 is 10.5 Å². The van der Waals surface area contributed by atoms with Crippen molar-refractivity contribution in [3.8, 4) is 0 Å². The highest BCUT2D eigenvalue weighted by molar-refractivity contribution is 6.31. The van der Waals surface area contributed by atoms with E-state index in [2.05, 4.69) is 0 Å². The fourth-order valence-electron chi connectivity index (χ4n) is 4.80. The van der Waals surface area contributed by atoms with E-state index in [1.54, 1.807) is 28.5 Å². The van der Waals surface area contributed by atoms with E-state index in [1.807, 2.05) is 30.0 Å². The van der Waals surface area contributed by atoms with E-state index >= 15 is 0 Å². The summed E-state index contributed by atoms with van der Waals surface area (Å²) in [4.78, 5) is 45.6. The average molecular weight is 543 g/mol. The maximum absolute atomic E-state index is 13.8. The van der Waals surface area contributed by atoms with Crippen LogP contribution in [0.5, 0.6) is 0 Å². The number of carbonyl (C=O) groups is 2. The van der Waals surface area contributed by atoms with Crippen LogP contribution in [-0.4, -0.2) is 79.7 Å². The molecule has 202 valence electrons. The van der Waals surface area contributed by atoms with Gasteiger partial charge in [-0.25, -0.2) is 9.18 Å². The van der Waals surface area contributed by atoms with Crippen molar-refractivity contribution >= 4 is 40.1 Å². The van der Waals surface area contributed by atoms with Gasteiger partial charge in [-0.1, -0.05) is 11.6 Å². The van der Waals surface area contributed by atoms with Crippen molar-refractivity contribution in [2.45, 2.75) is 19.9 Å². The molecule has 1 aliphatic heterocycles. The summed E-state index contributed by atoms with van der Waals surface area (Å²) < 4.78 is 20.3. The monoisotopic (exact) mass is 542 g/mol. The lowest BCUT2D eigenvalue weighted by Crippen LogP contribution is -2.49. The second-order valence-electron chi connectivity index (χ2n) is 9.51. The second kappa shape index (κ2) is 12.0. The van der Waals surface area contributed by atoms with Crippen LogP contribution in [0.1, 0.15) is 34.1 Å². The largest absolute Gasteiger partial charge is 0.462 e. The number of ether oxygens (including phenoxy) is 1. The van der Waals surface area contributed by atoms with Crippen molar-refractivity contribution in [2.24, 2.45) is 0 Å². The number of carbonyl (C=O) groups excluding carboxylic acids is 2. The Balaban J connectivity index is 1.73. The quantitative estimate of drug-likeness (QED) is 0.402. The normalized spacial score (nSPS) is 13.8. The summed E-state index contributed by atoms with van der Waals surface area (Å²) in [7, 11) is 3.93. The van der Waals surface area contributed by atoms with Crippen molar-refractivity contribution < 1.29 is 18.7 Å². The zero-order valence-electron chi connectivity index (χ0n) is 21.9. The van der Waals surface area contributed by atoms with Gasteiger partial charge in [-0.05, 0) is 76.4 Å². The van der Waals surface area contributed by atoms with E-state index in [1.165, 1.54) is 24.3 Å². The number of benzene rings is 2. The minimum Gasteiger partial charge on any atom is -0.462 e. The summed E-state index contributed by atoms with van der Waals surface area (Å²) in [5.74, 6) is -1.28. The number of aromatic nitrogens is 1. The Bertz CT molecular complexity index is 1380. The maximum Gasteiger partial charge on any atom is 0.345 e. The number of halogens is 2. The first-order valence-electron chi connectivity index (χ1n) is 12.7. The number of aryl methyl sites for hydroxylation is 1. The Kier molecular flexibility index (Phi) is 8.69. The molecule has 0 atom stereocenters. The Labute approximate surface area is 226 Å². The summed E-state index contributed by atoms with van der Waals surface area (Å²) in [5.41, 5.74) is 1.14. The summed E-state index contributed by atoms with van der Waals surface area (Å²) >= 11 is 6.40. The lowest BCUT2D eigenvalue weighted by atomic mass is 10.1. The van der Waals surface area contributed by atoms with Gasteiger partial charge in [-0.15, -0.1) is 0 Å². The number of esters is 1. The van der Waals surface area contributed by atoms with Crippen LogP contribution in [0.4, 0.5) is 10.1 Å². The third-order valence-electron chi connectivity index (χ3n) is 6.64. The molecular weight excluding hydrogens is 511 g/mol. The van der Waals surface area contributed by atoms with Crippen LogP contribution in [-0.2, 0) is 11.3 Å². The second-order valence-corrected chi connectivity index (χ2v) is 9.94. The van der Waals surface area contributed by atoms with Crippen LogP contribution >= 0.6 is 11.6 Å². The molecule has 0 radical (unpaired) electrons. The number of fused-ring (bicyclic) bond motifs is 1. The Hall–Kier alpha value is -3.43. The van der Waals surface area contributed by atoms with E-state index in [0.29, 0.717) is 59.9 Å². The molecule has 38 heavy (non-hydrogen) atoms. The van der Waals surface area contributed by atoms with Crippen LogP contribution in [0.15, 0.2) is 47.3 Å². The molecule has 1 amide bonds. The van der Waals surface area contributed by atoms with Gasteiger partial charge >= 0.3 is 5.97 Å². The molecule has 0 bridgehead atoms.